The van der Waals surface area contributed by atoms with E-state index in [0.29, 0.717) is 41.9 Å². The average molecular weight is 585 g/mol. The highest BCUT2D eigenvalue weighted by atomic mass is 16.5. The van der Waals surface area contributed by atoms with Crippen LogP contribution >= 0.6 is 0 Å². The number of morpholine rings is 1. The molecule has 1 saturated heterocycles. The summed E-state index contributed by atoms with van der Waals surface area (Å²) in [6, 6.07) is 18.4. The lowest BCUT2D eigenvalue weighted by Gasteiger charge is -2.26. The summed E-state index contributed by atoms with van der Waals surface area (Å²) in [5.41, 5.74) is 2.96. The van der Waals surface area contributed by atoms with Crippen molar-refractivity contribution >= 4 is 22.8 Å². The summed E-state index contributed by atoms with van der Waals surface area (Å²) in [6.07, 6.45) is 0.165. The Balaban J connectivity index is 1.37. The summed E-state index contributed by atoms with van der Waals surface area (Å²) in [4.78, 5) is 55.1. The highest BCUT2D eigenvalue weighted by Gasteiger charge is 2.25. The molecule has 0 saturated carbocycles. The Kier molecular flexibility index (Phi) is 9.18. The number of benzene rings is 3. The van der Waals surface area contributed by atoms with Gasteiger partial charge in [0.25, 0.3) is 11.5 Å². The van der Waals surface area contributed by atoms with Crippen molar-refractivity contribution in [1.29, 1.82) is 0 Å². The normalized spacial score (nSPS) is 14.4. The van der Waals surface area contributed by atoms with Crippen molar-refractivity contribution < 1.29 is 19.1 Å². The first-order valence-electron chi connectivity index (χ1n) is 14.4. The van der Waals surface area contributed by atoms with Crippen molar-refractivity contribution in [2.75, 3.05) is 39.5 Å². The predicted octanol–water partition coefficient (Wildman–Crippen LogP) is 2.52. The van der Waals surface area contributed by atoms with Crippen LogP contribution in [0.4, 0.5) is 0 Å². The summed E-state index contributed by atoms with van der Waals surface area (Å²) < 4.78 is 13.6. The number of carbonyl (C=O) groups excluding carboxylic acids is 2. The van der Waals surface area contributed by atoms with Crippen molar-refractivity contribution in [3.63, 3.8) is 0 Å². The zero-order valence-corrected chi connectivity index (χ0v) is 24.7. The molecule has 0 radical (unpaired) electrons. The molecule has 0 unspecified atom stereocenters. The van der Waals surface area contributed by atoms with Crippen LogP contribution in [0.2, 0.25) is 0 Å². The second-order valence-corrected chi connectivity index (χ2v) is 10.8. The first kappa shape index (κ1) is 29.9. The molecule has 2 heterocycles. The molecule has 10 heteroatoms. The van der Waals surface area contributed by atoms with Crippen LogP contribution in [-0.2, 0) is 27.7 Å². The Morgan fingerprint density at radius 1 is 0.930 bits per heavy atom. The Morgan fingerprint density at radius 3 is 2.30 bits per heavy atom. The number of hydrogen-bond donors (Lipinski definition) is 1. The van der Waals surface area contributed by atoms with Gasteiger partial charge in [0.05, 0.1) is 29.8 Å². The summed E-state index contributed by atoms with van der Waals surface area (Å²) in [6.45, 7) is 7.34. The van der Waals surface area contributed by atoms with Crippen LogP contribution in [-0.4, -0.2) is 71.4 Å². The van der Waals surface area contributed by atoms with Crippen molar-refractivity contribution in [2.45, 2.75) is 26.3 Å². The minimum absolute atomic E-state index is 0.165. The number of esters is 1. The molecule has 1 aromatic heterocycles. The number of ether oxygens (including phenoxy) is 2. The zero-order chi connectivity index (χ0) is 30.5. The van der Waals surface area contributed by atoms with E-state index in [-0.39, 0.29) is 18.9 Å². The Hall–Kier alpha value is -4.54. The van der Waals surface area contributed by atoms with E-state index in [0.717, 1.165) is 34.3 Å². The molecule has 4 aromatic rings. The van der Waals surface area contributed by atoms with Gasteiger partial charge in [-0.15, -0.1) is 0 Å². The van der Waals surface area contributed by atoms with Gasteiger partial charge in [-0.25, -0.2) is 14.2 Å². The van der Waals surface area contributed by atoms with E-state index in [2.05, 4.69) is 10.2 Å². The molecule has 0 spiro atoms. The summed E-state index contributed by atoms with van der Waals surface area (Å²) in [5.74, 6) is -0.884. The van der Waals surface area contributed by atoms with Crippen LogP contribution in [0, 0.1) is 13.8 Å². The van der Waals surface area contributed by atoms with Crippen molar-refractivity contribution in [1.82, 2.24) is 19.4 Å². The Bertz CT molecular complexity index is 1730. The maximum absolute atomic E-state index is 13.3. The largest absolute Gasteiger partial charge is 0.463 e. The van der Waals surface area contributed by atoms with Gasteiger partial charge in [-0.3, -0.25) is 19.1 Å². The minimum Gasteiger partial charge on any atom is -0.463 e. The number of fused-ring (bicyclic) bond motifs is 1. The summed E-state index contributed by atoms with van der Waals surface area (Å²) >= 11 is 0. The smallest absolute Gasteiger partial charge is 0.335 e. The maximum Gasteiger partial charge on any atom is 0.335 e. The molecule has 0 bridgehead atoms. The zero-order valence-electron chi connectivity index (χ0n) is 24.7. The van der Waals surface area contributed by atoms with Gasteiger partial charge in [-0.1, -0.05) is 42.5 Å². The summed E-state index contributed by atoms with van der Waals surface area (Å²) in [7, 11) is 1.63. The van der Waals surface area contributed by atoms with E-state index in [4.69, 9.17) is 9.47 Å². The lowest BCUT2D eigenvalue weighted by Crippen LogP contribution is -2.45. The number of amides is 1. The molecule has 10 nitrogen and oxygen atoms in total. The van der Waals surface area contributed by atoms with Gasteiger partial charge in [-0.2, -0.15) is 0 Å². The fourth-order valence-corrected chi connectivity index (χ4v) is 5.45. The third-order valence-corrected chi connectivity index (χ3v) is 7.87. The molecule has 1 aliphatic heterocycles. The molecule has 3 aromatic carbocycles. The second kappa shape index (κ2) is 13.2. The molecule has 0 aliphatic carbocycles. The van der Waals surface area contributed by atoms with E-state index >= 15 is 0 Å². The van der Waals surface area contributed by atoms with Crippen molar-refractivity contribution in [3.05, 3.63) is 110 Å². The van der Waals surface area contributed by atoms with E-state index in [1.807, 2.05) is 32.0 Å². The number of nitrogens with one attached hydrogen (secondary N) is 1. The molecule has 1 aliphatic rings. The van der Waals surface area contributed by atoms with Gasteiger partial charge in [0, 0.05) is 38.7 Å². The third-order valence-electron chi connectivity index (χ3n) is 7.87. The van der Waals surface area contributed by atoms with E-state index in [1.165, 1.54) is 4.57 Å². The highest BCUT2D eigenvalue weighted by Crippen LogP contribution is 2.16. The van der Waals surface area contributed by atoms with E-state index in [9.17, 15) is 19.2 Å². The number of hydrogen-bond acceptors (Lipinski definition) is 7. The van der Waals surface area contributed by atoms with Crippen LogP contribution in [0.3, 0.4) is 0 Å². The van der Waals surface area contributed by atoms with Crippen molar-refractivity contribution in [2.24, 2.45) is 7.05 Å². The topological polar surface area (TPSA) is 112 Å². The molecule has 1 N–H and O–H groups in total. The predicted molar refractivity (Wildman–Crippen MR) is 164 cm³/mol. The fraction of sp³-hybridized carbons (Fsp3) is 0.333. The molecule has 43 heavy (non-hydrogen) atoms. The first-order valence-corrected chi connectivity index (χ1v) is 14.4. The Labute approximate surface area is 249 Å². The molecule has 224 valence electrons. The SMILES string of the molecule is Cc1cccc(C)c1C(=O)N[C@@H](Cc1ccc(-n2c(=O)c3ccccc3n(C)c2=O)cc1)C(=O)OCCN1CCOCC1. The van der Waals surface area contributed by atoms with Gasteiger partial charge < -0.3 is 14.8 Å². The quantitative estimate of drug-likeness (QED) is 0.301. The number of aryl methyl sites for hydroxylation is 3. The number of rotatable bonds is 9. The van der Waals surface area contributed by atoms with Gasteiger partial charge >= 0.3 is 11.7 Å². The third kappa shape index (κ3) is 6.60. The van der Waals surface area contributed by atoms with Crippen LogP contribution in [0.5, 0.6) is 0 Å². The minimum atomic E-state index is -0.946. The number of nitrogens with zero attached hydrogens (tertiary/aromatic N) is 3. The molecule has 5 rings (SSSR count). The van der Waals surface area contributed by atoms with Crippen LogP contribution in [0.15, 0.2) is 76.3 Å². The van der Waals surface area contributed by atoms with Gasteiger partial charge in [0.2, 0.25) is 0 Å². The van der Waals surface area contributed by atoms with Crippen LogP contribution < -0.4 is 16.6 Å². The standard InChI is InChI=1S/C33H36N4O6/c1-22-7-6-8-23(2)29(22)30(38)34-27(32(40)43-20-17-36-15-18-42-19-16-36)21-24-11-13-25(14-12-24)37-31(39)26-9-4-5-10-28(26)35(3)33(37)41/h4-14,27H,15-21H2,1-3H3,(H,34,38)/t27-/m0/s1. The molecule has 1 amide bonds. The van der Waals surface area contributed by atoms with Gasteiger partial charge in [0.15, 0.2) is 0 Å². The van der Waals surface area contributed by atoms with Crippen LogP contribution in [0.25, 0.3) is 16.6 Å². The number of para-hydroxylation sites is 1. The first-order chi connectivity index (χ1) is 20.7. The number of aromatic nitrogens is 2. The average Bonchev–Trinajstić information content (AvgIpc) is 3.01. The molecule has 1 fully saturated rings. The summed E-state index contributed by atoms with van der Waals surface area (Å²) in [5, 5.41) is 3.32. The van der Waals surface area contributed by atoms with Crippen LogP contribution in [0.1, 0.15) is 27.0 Å². The Morgan fingerprint density at radius 2 is 1.60 bits per heavy atom. The molecular formula is C33H36N4O6. The second-order valence-electron chi connectivity index (χ2n) is 10.8. The number of carbonyl (C=O) groups is 2. The molecule has 1 atom stereocenters. The van der Waals surface area contributed by atoms with Gasteiger partial charge in [0.1, 0.15) is 12.6 Å². The maximum atomic E-state index is 13.3. The monoisotopic (exact) mass is 584 g/mol. The lowest BCUT2D eigenvalue weighted by atomic mass is 10.0. The van der Waals surface area contributed by atoms with E-state index in [1.54, 1.807) is 55.6 Å². The fourth-order valence-electron chi connectivity index (χ4n) is 5.45. The molecular weight excluding hydrogens is 548 g/mol. The van der Waals surface area contributed by atoms with Crippen molar-refractivity contribution in [3.8, 4) is 5.69 Å². The van der Waals surface area contributed by atoms with Gasteiger partial charge in [-0.05, 0) is 54.8 Å². The highest BCUT2D eigenvalue weighted by molar-refractivity contribution is 5.99. The lowest BCUT2D eigenvalue weighted by molar-refractivity contribution is -0.146. The van der Waals surface area contributed by atoms with E-state index < -0.39 is 23.3 Å².